The maximum absolute atomic E-state index is 12.2. The first-order valence-electron chi connectivity index (χ1n) is 8.16. The summed E-state index contributed by atoms with van der Waals surface area (Å²) in [6.45, 7) is 3.29. The number of furan rings is 1. The monoisotopic (exact) mass is 339 g/mol. The minimum atomic E-state index is -1.32. The second-order valence-electron chi connectivity index (χ2n) is 6.21. The van der Waals surface area contributed by atoms with Crippen LogP contribution in [0.3, 0.4) is 0 Å². The molecule has 1 amide bonds. The number of nitrogens with one attached hydrogen (secondary N) is 1. The molecule has 0 bridgehead atoms. The maximum Gasteiger partial charge on any atom is 0.260 e. The van der Waals surface area contributed by atoms with Crippen LogP contribution in [0.1, 0.15) is 19.6 Å². The van der Waals surface area contributed by atoms with E-state index >= 15 is 0 Å². The number of amides is 1. The SMILES string of the molecule is C[C@@H](Oc1ccccc1)C(=O)NC[C@@](C)(O)c1cc2ccccc2o1. The van der Waals surface area contributed by atoms with Gasteiger partial charge in [-0.1, -0.05) is 36.4 Å². The molecule has 25 heavy (non-hydrogen) atoms. The summed E-state index contributed by atoms with van der Waals surface area (Å²) in [5, 5.41) is 14.3. The van der Waals surface area contributed by atoms with Gasteiger partial charge in [-0.15, -0.1) is 0 Å². The molecule has 0 fully saturated rings. The zero-order valence-corrected chi connectivity index (χ0v) is 14.2. The topological polar surface area (TPSA) is 71.7 Å². The van der Waals surface area contributed by atoms with Crippen LogP contribution in [0.15, 0.2) is 65.1 Å². The lowest BCUT2D eigenvalue weighted by Gasteiger charge is -2.22. The molecule has 1 heterocycles. The van der Waals surface area contributed by atoms with Gasteiger partial charge in [-0.3, -0.25) is 4.79 Å². The summed E-state index contributed by atoms with van der Waals surface area (Å²) in [6, 6.07) is 18.4. The molecule has 0 aliphatic rings. The summed E-state index contributed by atoms with van der Waals surface area (Å²) < 4.78 is 11.3. The van der Waals surface area contributed by atoms with Crippen LogP contribution < -0.4 is 10.1 Å². The highest BCUT2D eigenvalue weighted by Crippen LogP contribution is 2.27. The van der Waals surface area contributed by atoms with Gasteiger partial charge in [0.05, 0.1) is 6.54 Å². The van der Waals surface area contributed by atoms with Crippen LogP contribution in [0.25, 0.3) is 11.0 Å². The number of ether oxygens (including phenoxy) is 1. The summed E-state index contributed by atoms with van der Waals surface area (Å²) in [6.07, 6.45) is -0.672. The van der Waals surface area contributed by atoms with Crippen LogP contribution in [-0.4, -0.2) is 23.7 Å². The van der Waals surface area contributed by atoms with Gasteiger partial charge in [-0.05, 0) is 38.1 Å². The number of rotatable bonds is 6. The Balaban J connectivity index is 1.62. The van der Waals surface area contributed by atoms with E-state index in [-0.39, 0.29) is 12.5 Å². The van der Waals surface area contributed by atoms with Gasteiger partial charge in [0, 0.05) is 5.39 Å². The van der Waals surface area contributed by atoms with Crippen LogP contribution in [-0.2, 0) is 10.4 Å². The van der Waals surface area contributed by atoms with Crippen molar-refractivity contribution in [2.75, 3.05) is 6.54 Å². The van der Waals surface area contributed by atoms with Crippen LogP contribution >= 0.6 is 0 Å². The second-order valence-corrected chi connectivity index (χ2v) is 6.21. The van der Waals surface area contributed by atoms with Gasteiger partial charge in [0.15, 0.2) is 6.10 Å². The fourth-order valence-electron chi connectivity index (χ4n) is 2.49. The highest BCUT2D eigenvalue weighted by Gasteiger charge is 2.29. The number of carbonyl (C=O) groups is 1. The second kappa shape index (κ2) is 6.99. The third-order valence-electron chi connectivity index (χ3n) is 3.99. The van der Waals surface area contributed by atoms with Gasteiger partial charge >= 0.3 is 0 Å². The zero-order valence-electron chi connectivity index (χ0n) is 14.2. The number of hydrogen-bond donors (Lipinski definition) is 2. The fraction of sp³-hybridized carbons (Fsp3) is 0.250. The van der Waals surface area contributed by atoms with Gasteiger partial charge in [-0.25, -0.2) is 0 Å². The van der Waals surface area contributed by atoms with E-state index in [9.17, 15) is 9.90 Å². The molecule has 5 nitrogen and oxygen atoms in total. The minimum absolute atomic E-state index is 0.0220. The standard InChI is InChI=1S/C20H21NO4/c1-14(24-16-9-4-3-5-10-16)19(22)21-13-20(2,23)18-12-15-8-6-7-11-17(15)25-18/h3-12,14,23H,13H2,1-2H3,(H,21,22)/t14-,20-/m1/s1. The Morgan fingerprint density at radius 1 is 1.20 bits per heavy atom. The molecule has 3 rings (SSSR count). The number of para-hydroxylation sites is 2. The summed E-state index contributed by atoms with van der Waals surface area (Å²) in [5.41, 5.74) is -0.619. The predicted molar refractivity (Wildman–Crippen MR) is 95.3 cm³/mol. The van der Waals surface area contributed by atoms with E-state index in [1.165, 1.54) is 0 Å². The summed E-state index contributed by atoms with van der Waals surface area (Å²) in [4.78, 5) is 12.2. The Kier molecular flexibility index (Phi) is 4.76. The van der Waals surface area contributed by atoms with Crippen molar-refractivity contribution in [1.29, 1.82) is 0 Å². The Bertz CT molecular complexity index is 821. The van der Waals surface area contributed by atoms with Gasteiger partial charge in [-0.2, -0.15) is 0 Å². The normalized spacial score (nSPS) is 14.7. The molecular formula is C20H21NO4. The molecule has 0 unspecified atom stereocenters. The molecule has 2 atom stereocenters. The fourth-order valence-corrected chi connectivity index (χ4v) is 2.49. The molecule has 3 aromatic rings. The van der Waals surface area contributed by atoms with E-state index in [0.717, 1.165) is 5.39 Å². The van der Waals surface area contributed by atoms with Crippen LogP contribution in [0.5, 0.6) is 5.75 Å². The molecule has 0 aliphatic heterocycles. The van der Waals surface area contributed by atoms with Crippen molar-refractivity contribution >= 4 is 16.9 Å². The average Bonchev–Trinajstić information content (AvgIpc) is 3.06. The van der Waals surface area contributed by atoms with Crippen LogP contribution in [0, 0.1) is 0 Å². The molecule has 2 aromatic carbocycles. The number of hydrogen-bond acceptors (Lipinski definition) is 4. The number of fused-ring (bicyclic) bond motifs is 1. The van der Waals surface area contributed by atoms with E-state index in [2.05, 4.69) is 5.32 Å². The molecule has 1 aromatic heterocycles. The Hall–Kier alpha value is -2.79. The van der Waals surface area contributed by atoms with E-state index in [0.29, 0.717) is 17.1 Å². The summed E-state index contributed by atoms with van der Waals surface area (Å²) >= 11 is 0. The average molecular weight is 339 g/mol. The highest BCUT2D eigenvalue weighted by atomic mass is 16.5. The van der Waals surface area contributed by atoms with E-state index in [1.54, 1.807) is 32.0 Å². The smallest absolute Gasteiger partial charge is 0.260 e. The minimum Gasteiger partial charge on any atom is -0.481 e. The molecule has 0 saturated carbocycles. The number of aliphatic hydroxyl groups is 1. The third-order valence-corrected chi connectivity index (χ3v) is 3.99. The largest absolute Gasteiger partial charge is 0.481 e. The lowest BCUT2D eigenvalue weighted by atomic mass is 10.0. The Morgan fingerprint density at radius 3 is 2.60 bits per heavy atom. The quantitative estimate of drug-likeness (QED) is 0.723. The highest BCUT2D eigenvalue weighted by molar-refractivity contribution is 5.81. The molecule has 2 N–H and O–H groups in total. The lowest BCUT2D eigenvalue weighted by molar-refractivity contribution is -0.128. The van der Waals surface area contributed by atoms with Crippen LogP contribution in [0.2, 0.25) is 0 Å². The maximum atomic E-state index is 12.2. The van der Waals surface area contributed by atoms with Crippen molar-refractivity contribution in [3.8, 4) is 5.75 Å². The van der Waals surface area contributed by atoms with Gasteiger partial charge in [0.1, 0.15) is 22.7 Å². The van der Waals surface area contributed by atoms with Crippen molar-refractivity contribution in [2.24, 2.45) is 0 Å². The van der Waals surface area contributed by atoms with Gasteiger partial charge < -0.3 is 19.6 Å². The first kappa shape index (κ1) is 17.0. The van der Waals surface area contributed by atoms with Crippen molar-refractivity contribution in [3.63, 3.8) is 0 Å². The molecule has 0 radical (unpaired) electrons. The molecule has 0 spiro atoms. The van der Waals surface area contributed by atoms with E-state index in [1.807, 2.05) is 42.5 Å². The van der Waals surface area contributed by atoms with Crippen molar-refractivity contribution in [2.45, 2.75) is 25.6 Å². The van der Waals surface area contributed by atoms with Gasteiger partial charge in [0.25, 0.3) is 5.91 Å². The lowest BCUT2D eigenvalue weighted by Crippen LogP contribution is -2.43. The number of carbonyl (C=O) groups excluding carboxylic acids is 1. The predicted octanol–water partition coefficient (Wildman–Crippen LogP) is 3.22. The molecule has 0 saturated heterocycles. The Morgan fingerprint density at radius 2 is 1.88 bits per heavy atom. The molecule has 5 heteroatoms. The summed E-state index contributed by atoms with van der Waals surface area (Å²) in [7, 11) is 0. The molecular weight excluding hydrogens is 318 g/mol. The van der Waals surface area contributed by atoms with Gasteiger partial charge in [0.2, 0.25) is 0 Å². The first-order valence-corrected chi connectivity index (χ1v) is 8.16. The van der Waals surface area contributed by atoms with E-state index in [4.69, 9.17) is 9.15 Å². The molecule has 130 valence electrons. The van der Waals surface area contributed by atoms with Crippen molar-refractivity contribution in [1.82, 2.24) is 5.32 Å². The Labute approximate surface area is 146 Å². The first-order chi connectivity index (χ1) is 12.0. The van der Waals surface area contributed by atoms with E-state index < -0.39 is 11.7 Å². The van der Waals surface area contributed by atoms with Crippen molar-refractivity contribution in [3.05, 3.63) is 66.4 Å². The number of benzene rings is 2. The van der Waals surface area contributed by atoms with Crippen molar-refractivity contribution < 1.29 is 19.1 Å². The third kappa shape index (κ3) is 4.00. The molecule has 0 aliphatic carbocycles. The zero-order chi connectivity index (χ0) is 17.9. The summed E-state index contributed by atoms with van der Waals surface area (Å²) in [5.74, 6) is 0.722. The van der Waals surface area contributed by atoms with Crippen LogP contribution in [0.4, 0.5) is 0 Å².